The van der Waals surface area contributed by atoms with Crippen LogP contribution in [0, 0.1) is 0 Å². The van der Waals surface area contributed by atoms with Gasteiger partial charge in [0.2, 0.25) is 5.91 Å². The number of benzene rings is 3. The first-order valence-electron chi connectivity index (χ1n) is 10.9. The summed E-state index contributed by atoms with van der Waals surface area (Å²) in [5.41, 5.74) is 4.56. The standard InChI is InChI=1S/C27H21F3N2O2/c28-27(29,30)34-20-13-11-19(12-14-20)26-25-22(21-8-4-5-9-23(21)31-25)16-17-32(26)24(33)15-10-18-6-2-1-3-7-18/h1-15,26,31H,16-17H2/b15-10+. The topological polar surface area (TPSA) is 45.3 Å². The molecule has 172 valence electrons. The summed E-state index contributed by atoms with van der Waals surface area (Å²) in [6.07, 6.45) is -0.783. The molecule has 0 fully saturated rings. The number of alkyl halides is 3. The Labute approximate surface area is 194 Å². The predicted molar refractivity (Wildman–Crippen MR) is 124 cm³/mol. The second-order valence-electron chi connectivity index (χ2n) is 8.11. The first-order chi connectivity index (χ1) is 16.4. The van der Waals surface area contributed by atoms with Gasteiger partial charge in [0.1, 0.15) is 5.75 Å². The zero-order valence-corrected chi connectivity index (χ0v) is 18.0. The molecule has 0 radical (unpaired) electrons. The number of para-hydroxylation sites is 1. The van der Waals surface area contributed by atoms with Gasteiger partial charge in [-0.25, -0.2) is 0 Å². The maximum atomic E-state index is 13.3. The van der Waals surface area contributed by atoms with Crippen LogP contribution in [0.25, 0.3) is 17.0 Å². The van der Waals surface area contributed by atoms with E-state index in [0.29, 0.717) is 18.5 Å². The number of carbonyl (C=O) groups is 1. The summed E-state index contributed by atoms with van der Waals surface area (Å²) in [7, 11) is 0. The maximum Gasteiger partial charge on any atom is 0.573 e. The fraction of sp³-hybridized carbons (Fsp3) is 0.148. The molecular formula is C27H21F3N2O2. The predicted octanol–water partition coefficient (Wildman–Crippen LogP) is 6.25. The van der Waals surface area contributed by atoms with Crippen molar-refractivity contribution in [2.24, 2.45) is 0 Å². The van der Waals surface area contributed by atoms with Crippen LogP contribution in [0.3, 0.4) is 0 Å². The molecule has 1 aliphatic rings. The molecule has 0 saturated heterocycles. The second-order valence-corrected chi connectivity index (χ2v) is 8.11. The van der Waals surface area contributed by atoms with Crippen molar-refractivity contribution >= 4 is 22.9 Å². The third-order valence-electron chi connectivity index (χ3n) is 5.96. The molecule has 4 nitrogen and oxygen atoms in total. The second kappa shape index (κ2) is 8.74. The number of fused-ring (bicyclic) bond motifs is 3. The molecule has 1 aliphatic heterocycles. The number of aromatic amines is 1. The summed E-state index contributed by atoms with van der Waals surface area (Å²) in [4.78, 5) is 18.5. The number of ether oxygens (including phenoxy) is 1. The van der Waals surface area contributed by atoms with Crippen LogP contribution < -0.4 is 4.74 Å². The molecule has 1 unspecified atom stereocenters. The Hall–Kier alpha value is -4.00. The molecule has 5 rings (SSSR count). The molecule has 0 saturated carbocycles. The summed E-state index contributed by atoms with van der Waals surface area (Å²) in [5.74, 6) is -0.473. The highest BCUT2D eigenvalue weighted by Gasteiger charge is 2.34. The number of carbonyl (C=O) groups excluding carboxylic acids is 1. The minimum absolute atomic E-state index is 0.172. The van der Waals surface area contributed by atoms with Gasteiger partial charge in [-0.2, -0.15) is 0 Å². The van der Waals surface area contributed by atoms with Crippen molar-refractivity contribution in [3.05, 3.63) is 107 Å². The third-order valence-corrected chi connectivity index (χ3v) is 5.96. The number of rotatable bonds is 4. The zero-order valence-electron chi connectivity index (χ0n) is 18.0. The van der Waals surface area contributed by atoms with Crippen molar-refractivity contribution in [1.82, 2.24) is 9.88 Å². The van der Waals surface area contributed by atoms with E-state index in [9.17, 15) is 18.0 Å². The number of hydrogen-bond acceptors (Lipinski definition) is 2. The molecule has 3 aromatic carbocycles. The van der Waals surface area contributed by atoms with E-state index < -0.39 is 12.4 Å². The number of amides is 1. The van der Waals surface area contributed by atoms with Gasteiger partial charge < -0.3 is 14.6 Å². The third kappa shape index (κ3) is 4.41. The molecule has 1 amide bonds. The lowest BCUT2D eigenvalue weighted by Gasteiger charge is -2.35. The SMILES string of the molecule is O=C(/C=C/c1ccccc1)N1CCc2c([nH]c3ccccc23)C1c1ccc(OC(F)(F)F)cc1. The minimum atomic E-state index is -4.76. The van der Waals surface area contributed by atoms with Crippen LogP contribution in [0.1, 0.15) is 28.4 Å². The van der Waals surface area contributed by atoms with Gasteiger partial charge in [0.05, 0.1) is 6.04 Å². The lowest BCUT2D eigenvalue weighted by Crippen LogP contribution is -2.39. The molecule has 0 aliphatic carbocycles. The Morgan fingerprint density at radius 2 is 1.68 bits per heavy atom. The summed E-state index contributed by atoms with van der Waals surface area (Å²) < 4.78 is 41.9. The Morgan fingerprint density at radius 3 is 2.41 bits per heavy atom. The average Bonchev–Trinajstić information content (AvgIpc) is 3.21. The number of H-pyrrole nitrogens is 1. The normalized spacial score (nSPS) is 16.1. The van der Waals surface area contributed by atoms with Crippen LogP contribution in [0.5, 0.6) is 5.75 Å². The van der Waals surface area contributed by atoms with Gasteiger partial charge in [0.15, 0.2) is 0 Å². The maximum absolute atomic E-state index is 13.3. The van der Waals surface area contributed by atoms with E-state index in [1.165, 1.54) is 18.2 Å². The van der Waals surface area contributed by atoms with Crippen LogP contribution in [-0.2, 0) is 11.2 Å². The summed E-state index contributed by atoms with van der Waals surface area (Å²) in [6.45, 7) is 0.484. The van der Waals surface area contributed by atoms with E-state index in [1.807, 2.05) is 54.6 Å². The van der Waals surface area contributed by atoms with Crippen LogP contribution in [0.15, 0.2) is 84.9 Å². The van der Waals surface area contributed by atoms with E-state index >= 15 is 0 Å². The van der Waals surface area contributed by atoms with Gasteiger partial charge in [0.25, 0.3) is 0 Å². The molecule has 34 heavy (non-hydrogen) atoms. The fourth-order valence-electron chi connectivity index (χ4n) is 4.50. The molecular weight excluding hydrogens is 441 g/mol. The van der Waals surface area contributed by atoms with E-state index in [-0.39, 0.29) is 11.7 Å². The number of nitrogens with zero attached hydrogens (tertiary/aromatic N) is 1. The van der Waals surface area contributed by atoms with Crippen LogP contribution in [0.4, 0.5) is 13.2 Å². The Balaban J connectivity index is 1.53. The number of hydrogen-bond donors (Lipinski definition) is 1. The van der Waals surface area contributed by atoms with Crippen molar-refractivity contribution in [3.8, 4) is 5.75 Å². The van der Waals surface area contributed by atoms with Crippen molar-refractivity contribution in [1.29, 1.82) is 0 Å². The first-order valence-corrected chi connectivity index (χ1v) is 10.9. The lowest BCUT2D eigenvalue weighted by atomic mass is 9.92. The molecule has 1 N–H and O–H groups in total. The highest BCUT2D eigenvalue weighted by molar-refractivity contribution is 5.93. The van der Waals surface area contributed by atoms with Crippen molar-refractivity contribution in [2.45, 2.75) is 18.8 Å². The van der Waals surface area contributed by atoms with Crippen LogP contribution in [0.2, 0.25) is 0 Å². The van der Waals surface area contributed by atoms with E-state index in [4.69, 9.17) is 0 Å². The van der Waals surface area contributed by atoms with Gasteiger partial charge in [-0.15, -0.1) is 13.2 Å². The molecule has 7 heteroatoms. The lowest BCUT2D eigenvalue weighted by molar-refractivity contribution is -0.274. The van der Waals surface area contributed by atoms with E-state index in [1.54, 1.807) is 23.1 Å². The smallest absolute Gasteiger partial charge is 0.406 e. The summed E-state index contributed by atoms with van der Waals surface area (Å²) in [5, 5.41) is 1.09. The van der Waals surface area contributed by atoms with E-state index in [2.05, 4.69) is 9.72 Å². The Kier molecular flexibility index (Phi) is 5.61. The highest BCUT2D eigenvalue weighted by Crippen LogP contribution is 2.39. The van der Waals surface area contributed by atoms with E-state index in [0.717, 1.165) is 27.7 Å². The Morgan fingerprint density at radius 1 is 0.971 bits per heavy atom. The minimum Gasteiger partial charge on any atom is -0.406 e. The first kappa shape index (κ1) is 21.8. The molecule has 1 aromatic heterocycles. The number of halogens is 3. The number of aromatic nitrogens is 1. The molecule has 1 atom stereocenters. The van der Waals surface area contributed by atoms with Gasteiger partial charge in [-0.3, -0.25) is 4.79 Å². The average molecular weight is 462 g/mol. The van der Waals surface area contributed by atoms with Gasteiger partial charge in [-0.1, -0.05) is 60.7 Å². The molecule has 0 bridgehead atoms. The fourth-order valence-corrected chi connectivity index (χ4v) is 4.50. The highest BCUT2D eigenvalue weighted by atomic mass is 19.4. The van der Waals surface area contributed by atoms with Crippen LogP contribution >= 0.6 is 0 Å². The van der Waals surface area contributed by atoms with Gasteiger partial charge in [0, 0.05) is 29.2 Å². The quantitative estimate of drug-likeness (QED) is 0.364. The molecule has 2 heterocycles. The summed E-state index contributed by atoms with van der Waals surface area (Å²) in [6, 6.07) is 22.7. The molecule has 4 aromatic rings. The summed E-state index contributed by atoms with van der Waals surface area (Å²) >= 11 is 0. The van der Waals surface area contributed by atoms with Crippen molar-refractivity contribution < 1.29 is 22.7 Å². The van der Waals surface area contributed by atoms with Crippen LogP contribution in [-0.4, -0.2) is 28.7 Å². The largest absolute Gasteiger partial charge is 0.573 e. The molecule has 0 spiro atoms. The van der Waals surface area contributed by atoms with Crippen molar-refractivity contribution in [3.63, 3.8) is 0 Å². The number of nitrogens with one attached hydrogen (secondary N) is 1. The monoisotopic (exact) mass is 462 g/mol. The zero-order chi connectivity index (χ0) is 23.7. The van der Waals surface area contributed by atoms with Crippen molar-refractivity contribution in [2.75, 3.05) is 6.54 Å². The van der Waals surface area contributed by atoms with Gasteiger partial charge >= 0.3 is 6.36 Å². The Bertz CT molecular complexity index is 1340. The van der Waals surface area contributed by atoms with Gasteiger partial charge in [-0.05, 0) is 47.4 Å².